The second-order valence-electron chi connectivity index (χ2n) is 4.44. The van der Waals surface area contributed by atoms with Crippen LogP contribution in [0.4, 0.5) is 0 Å². The molecule has 2 nitrogen and oxygen atoms in total. The van der Waals surface area contributed by atoms with Crippen molar-refractivity contribution >= 4 is 45.7 Å². The zero-order chi connectivity index (χ0) is 14.3. The fraction of sp³-hybridized carbons (Fsp3) is 0.0667. The Morgan fingerprint density at radius 1 is 0.900 bits per heavy atom. The Morgan fingerprint density at radius 2 is 1.70 bits per heavy atom. The van der Waals surface area contributed by atoms with E-state index in [1.54, 1.807) is 6.07 Å². The second kappa shape index (κ2) is 5.21. The zero-order valence-corrected chi connectivity index (χ0v) is 12.8. The number of hydrogen-bond donors (Lipinski definition) is 0. The molecule has 0 unspecified atom stereocenters. The molecule has 3 aromatic rings. The summed E-state index contributed by atoms with van der Waals surface area (Å²) >= 11 is 18.4. The Morgan fingerprint density at radius 3 is 2.45 bits per heavy atom. The van der Waals surface area contributed by atoms with E-state index in [0.717, 1.165) is 16.5 Å². The van der Waals surface area contributed by atoms with Crippen LogP contribution in [-0.4, -0.2) is 9.97 Å². The van der Waals surface area contributed by atoms with E-state index in [0.29, 0.717) is 26.5 Å². The van der Waals surface area contributed by atoms with Gasteiger partial charge in [-0.05, 0) is 42.8 Å². The normalized spacial score (nSPS) is 11.0. The van der Waals surface area contributed by atoms with E-state index < -0.39 is 0 Å². The minimum atomic E-state index is 0.389. The van der Waals surface area contributed by atoms with Crippen molar-refractivity contribution in [1.82, 2.24) is 9.97 Å². The molecule has 0 N–H and O–H groups in total. The average molecular weight is 324 g/mol. The summed E-state index contributed by atoms with van der Waals surface area (Å²) < 4.78 is 0. The summed E-state index contributed by atoms with van der Waals surface area (Å²) in [5.41, 5.74) is 2.47. The Balaban J connectivity index is 2.26. The first-order valence-electron chi connectivity index (χ1n) is 5.94. The number of aryl methyl sites for hydroxylation is 1. The van der Waals surface area contributed by atoms with Crippen LogP contribution in [-0.2, 0) is 0 Å². The highest BCUT2D eigenvalue weighted by molar-refractivity contribution is 6.38. The molecule has 0 saturated carbocycles. The van der Waals surface area contributed by atoms with E-state index in [9.17, 15) is 0 Å². The molecule has 2 aromatic carbocycles. The Kier molecular flexibility index (Phi) is 3.55. The fourth-order valence-corrected chi connectivity index (χ4v) is 2.56. The fourth-order valence-electron chi connectivity index (χ4n) is 1.99. The first-order valence-corrected chi connectivity index (χ1v) is 7.08. The maximum Gasteiger partial charge on any atom is 0.161 e. The zero-order valence-electron chi connectivity index (χ0n) is 10.5. The lowest BCUT2D eigenvalue weighted by atomic mass is 10.1. The number of rotatable bonds is 1. The minimum Gasteiger partial charge on any atom is -0.226 e. The van der Waals surface area contributed by atoms with Crippen LogP contribution in [0.3, 0.4) is 0 Å². The van der Waals surface area contributed by atoms with Gasteiger partial charge in [0.15, 0.2) is 5.82 Å². The smallest absolute Gasteiger partial charge is 0.161 e. The lowest BCUT2D eigenvalue weighted by Gasteiger charge is -2.07. The number of benzene rings is 2. The number of para-hydroxylation sites is 1. The molecule has 100 valence electrons. The maximum absolute atomic E-state index is 6.22. The predicted octanol–water partition coefficient (Wildman–Crippen LogP) is 5.57. The molecule has 0 aliphatic heterocycles. The largest absolute Gasteiger partial charge is 0.226 e. The van der Waals surface area contributed by atoms with Crippen molar-refractivity contribution in [2.24, 2.45) is 0 Å². The molecule has 0 atom stereocenters. The van der Waals surface area contributed by atoms with Gasteiger partial charge in [-0.15, -0.1) is 0 Å². The highest BCUT2D eigenvalue weighted by Gasteiger charge is 2.10. The first-order chi connectivity index (χ1) is 9.56. The summed E-state index contributed by atoms with van der Waals surface area (Å²) in [6.07, 6.45) is 0. The second-order valence-corrected chi connectivity index (χ2v) is 5.61. The van der Waals surface area contributed by atoms with Crippen LogP contribution in [0.15, 0.2) is 36.4 Å². The van der Waals surface area contributed by atoms with Crippen molar-refractivity contribution in [2.45, 2.75) is 6.92 Å². The molecule has 0 bridgehead atoms. The molecule has 1 aromatic heterocycles. The number of halogens is 3. The molecular weight excluding hydrogens is 315 g/mol. The van der Waals surface area contributed by atoms with Crippen LogP contribution >= 0.6 is 34.8 Å². The van der Waals surface area contributed by atoms with E-state index >= 15 is 0 Å². The van der Waals surface area contributed by atoms with Gasteiger partial charge in [-0.25, -0.2) is 9.97 Å². The summed E-state index contributed by atoms with van der Waals surface area (Å²) in [7, 11) is 0. The van der Waals surface area contributed by atoms with Crippen molar-refractivity contribution in [3.63, 3.8) is 0 Å². The number of nitrogens with zero attached hydrogens (tertiary/aromatic N) is 2. The van der Waals surface area contributed by atoms with Crippen molar-refractivity contribution in [1.29, 1.82) is 0 Å². The summed E-state index contributed by atoms with van der Waals surface area (Å²) in [5.74, 6) is 0.537. The third kappa shape index (κ3) is 2.35. The van der Waals surface area contributed by atoms with Crippen LogP contribution in [0.5, 0.6) is 0 Å². The molecule has 0 spiro atoms. The van der Waals surface area contributed by atoms with Gasteiger partial charge in [0.05, 0.1) is 10.5 Å². The van der Waals surface area contributed by atoms with Crippen molar-refractivity contribution < 1.29 is 0 Å². The number of aromatic nitrogens is 2. The molecule has 0 saturated heterocycles. The van der Waals surface area contributed by atoms with Crippen LogP contribution < -0.4 is 0 Å². The molecule has 1 heterocycles. The average Bonchev–Trinajstić information content (AvgIpc) is 2.43. The van der Waals surface area contributed by atoms with Crippen molar-refractivity contribution in [3.8, 4) is 11.4 Å². The number of fused-ring (bicyclic) bond motifs is 1. The van der Waals surface area contributed by atoms with E-state index in [2.05, 4.69) is 9.97 Å². The molecule has 0 aliphatic rings. The Bertz CT molecular complexity index is 816. The molecule has 0 fully saturated rings. The molecular formula is C15H9Cl3N2. The topological polar surface area (TPSA) is 25.8 Å². The van der Waals surface area contributed by atoms with Gasteiger partial charge in [0.1, 0.15) is 5.15 Å². The molecule has 0 aliphatic carbocycles. The van der Waals surface area contributed by atoms with Crippen LogP contribution in [0.2, 0.25) is 15.2 Å². The number of hydrogen-bond acceptors (Lipinski definition) is 2. The van der Waals surface area contributed by atoms with Gasteiger partial charge in [0.2, 0.25) is 0 Å². The Hall–Kier alpha value is -1.35. The van der Waals surface area contributed by atoms with Gasteiger partial charge < -0.3 is 0 Å². The third-order valence-electron chi connectivity index (χ3n) is 3.05. The van der Waals surface area contributed by atoms with Crippen molar-refractivity contribution in [3.05, 3.63) is 57.2 Å². The van der Waals surface area contributed by atoms with Crippen LogP contribution in [0, 0.1) is 6.92 Å². The standard InChI is InChI=1S/C15H9Cl3N2/c1-8-7-9(5-6-11(8)16)15-19-13-10(14(18)20-15)3-2-4-12(13)17/h2-7H,1H3. The van der Waals surface area contributed by atoms with Gasteiger partial charge in [-0.3, -0.25) is 0 Å². The summed E-state index contributed by atoms with van der Waals surface area (Å²) in [4.78, 5) is 8.84. The van der Waals surface area contributed by atoms with Gasteiger partial charge in [0.25, 0.3) is 0 Å². The van der Waals surface area contributed by atoms with Crippen LogP contribution in [0.1, 0.15) is 5.56 Å². The van der Waals surface area contributed by atoms with Gasteiger partial charge in [-0.2, -0.15) is 0 Å². The highest BCUT2D eigenvalue weighted by atomic mass is 35.5. The third-order valence-corrected chi connectivity index (χ3v) is 4.06. The van der Waals surface area contributed by atoms with Crippen LogP contribution in [0.25, 0.3) is 22.3 Å². The first kappa shape index (κ1) is 13.6. The SMILES string of the molecule is Cc1cc(-c2nc(Cl)c3cccc(Cl)c3n2)ccc1Cl. The highest BCUT2D eigenvalue weighted by Crippen LogP contribution is 2.30. The van der Waals surface area contributed by atoms with Crippen molar-refractivity contribution in [2.75, 3.05) is 0 Å². The van der Waals surface area contributed by atoms with Gasteiger partial charge >= 0.3 is 0 Å². The molecule has 3 rings (SSSR count). The lowest BCUT2D eigenvalue weighted by molar-refractivity contribution is 1.22. The molecule has 0 radical (unpaired) electrons. The monoisotopic (exact) mass is 322 g/mol. The molecule has 5 heteroatoms. The van der Waals surface area contributed by atoms with E-state index in [1.165, 1.54) is 0 Å². The molecule has 20 heavy (non-hydrogen) atoms. The Labute approximate surface area is 131 Å². The summed E-state index contributed by atoms with van der Waals surface area (Å²) in [6.45, 7) is 1.93. The van der Waals surface area contributed by atoms with E-state index in [1.807, 2.05) is 37.3 Å². The predicted molar refractivity (Wildman–Crippen MR) is 84.7 cm³/mol. The van der Waals surface area contributed by atoms with Gasteiger partial charge in [-0.1, -0.05) is 40.9 Å². The molecule has 0 amide bonds. The summed E-state index contributed by atoms with van der Waals surface area (Å²) in [5, 5.41) is 2.39. The quantitative estimate of drug-likeness (QED) is 0.547. The van der Waals surface area contributed by atoms with E-state index in [-0.39, 0.29) is 0 Å². The minimum absolute atomic E-state index is 0.389. The maximum atomic E-state index is 6.22. The van der Waals surface area contributed by atoms with Gasteiger partial charge in [0, 0.05) is 16.0 Å². The lowest BCUT2D eigenvalue weighted by Crippen LogP contribution is -1.93. The summed E-state index contributed by atoms with van der Waals surface area (Å²) in [6, 6.07) is 11.1. The van der Waals surface area contributed by atoms with E-state index in [4.69, 9.17) is 34.8 Å².